The van der Waals surface area contributed by atoms with Crippen molar-refractivity contribution in [3.8, 4) is 0 Å². The number of benzene rings is 1. The molecule has 2 heterocycles. The quantitative estimate of drug-likeness (QED) is 0.751. The molecule has 1 aromatic heterocycles. The van der Waals surface area contributed by atoms with E-state index in [0.29, 0.717) is 24.5 Å². The van der Waals surface area contributed by atoms with Gasteiger partial charge in [0.25, 0.3) is 5.91 Å². The SMILES string of the molecule is COC(=O)c1ccc(N2CCN(C(=O)c3ccccc3C(F)(F)F)CC2)nc1. The second-order valence-corrected chi connectivity index (χ2v) is 6.22. The number of hydrogen-bond acceptors (Lipinski definition) is 5. The minimum absolute atomic E-state index is 0.269. The molecular weight excluding hydrogens is 375 g/mol. The number of halogens is 3. The first-order chi connectivity index (χ1) is 13.3. The Bertz CT molecular complexity index is 861. The number of amides is 1. The van der Waals surface area contributed by atoms with Crippen LogP contribution in [0.15, 0.2) is 42.6 Å². The molecule has 9 heteroatoms. The van der Waals surface area contributed by atoms with Crippen molar-refractivity contribution >= 4 is 17.7 Å². The molecule has 1 fully saturated rings. The van der Waals surface area contributed by atoms with Crippen LogP contribution in [0.25, 0.3) is 0 Å². The summed E-state index contributed by atoms with van der Waals surface area (Å²) in [5, 5.41) is 0. The van der Waals surface area contributed by atoms with E-state index < -0.39 is 23.6 Å². The number of pyridine rings is 1. The lowest BCUT2D eigenvalue weighted by Gasteiger charge is -2.35. The number of nitrogens with zero attached hydrogens (tertiary/aromatic N) is 3. The van der Waals surface area contributed by atoms with Crippen LogP contribution in [0.4, 0.5) is 19.0 Å². The van der Waals surface area contributed by atoms with Crippen LogP contribution in [0, 0.1) is 0 Å². The molecule has 0 unspecified atom stereocenters. The summed E-state index contributed by atoms with van der Waals surface area (Å²) in [5.41, 5.74) is -0.949. The summed E-state index contributed by atoms with van der Waals surface area (Å²) < 4.78 is 44.1. The number of rotatable bonds is 3. The lowest BCUT2D eigenvalue weighted by atomic mass is 10.1. The van der Waals surface area contributed by atoms with Gasteiger partial charge in [-0.3, -0.25) is 4.79 Å². The molecular formula is C19H18F3N3O3. The van der Waals surface area contributed by atoms with Gasteiger partial charge in [-0.15, -0.1) is 0 Å². The molecule has 0 spiro atoms. The van der Waals surface area contributed by atoms with E-state index in [-0.39, 0.29) is 18.7 Å². The third-order valence-corrected chi connectivity index (χ3v) is 4.52. The Morgan fingerprint density at radius 2 is 1.71 bits per heavy atom. The lowest BCUT2D eigenvalue weighted by molar-refractivity contribution is -0.138. The minimum atomic E-state index is -4.58. The number of esters is 1. The number of aromatic nitrogens is 1. The highest BCUT2D eigenvalue weighted by Gasteiger charge is 2.36. The zero-order valence-electron chi connectivity index (χ0n) is 15.1. The van der Waals surface area contributed by atoms with E-state index in [4.69, 9.17) is 0 Å². The van der Waals surface area contributed by atoms with Gasteiger partial charge < -0.3 is 14.5 Å². The van der Waals surface area contributed by atoms with E-state index in [1.165, 1.54) is 36.4 Å². The number of carbonyl (C=O) groups is 2. The first-order valence-electron chi connectivity index (χ1n) is 8.56. The fourth-order valence-corrected chi connectivity index (χ4v) is 3.04. The van der Waals surface area contributed by atoms with Crippen LogP contribution in [0.1, 0.15) is 26.3 Å². The van der Waals surface area contributed by atoms with Gasteiger partial charge in [0.05, 0.1) is 23.8 Å². The Balaban J connectivity index is 1.67. The predicted octanol–water partition coefficient (Wildman–Crippen LogP) is 2.85. The topological polar surface area (TPSA) is 62.7 Å². The summed E-state index contributed by atoms with van der Waals surface area (Å²) in [4.78, 5) is 31.6. The highest BCUT2D eigenvalue weighted by atomic mass is 19.4. The summed E-state index contributed by atoms with van der Waals surface area (Å²) in [6.07, 6.45) is -3.18. The summed E-state index contributed by atoms with van der Waals surface area (Å²) in [6.45, 7) is 1.38. The van der Waals surface area contributed by atoms with Gasteiger partial charge in [-0.05, 0) is 24.3 Å². The van der Waals surface area contributed by atoms with Gasteiger partial charge in [0.15, 0.2) is 0 Å². The standard InChI is InChI=1S/C19H18F3N3O3/c1-28-18(27)13-6-7-16(23-12-13)24-8-10-25(11-9-24)17(26)14-4-2-3-5-15(14)19(20,21)22/h2-7,12H,8-11H2,1H3. The Hall–Kier alpha value is -3.10. The van der Waals surface area contributed by atoms with E-state index in [0.717, 1.165) is 6.07 Å². The van der Waals surface area contributed by atoms with Crippen molar-refractivity contribution in [2.45, 2.75) is 6.18 Å². The minimum Gasteiger partial charge on any atom is -0.465 e. The summed E-state index contributed by atoms with van der Waals surface area (Å²) in [5.74, 6) is -0.505. The van der Waals surface area contributed by atoms with Crippen molar-refractivity contribution in [3.63, 3.8) is 0 Å². The van der Waals surface area contributed by atoms with E-state index in [2.05, 4.69) is 9.72 Å². The Labute approximate surface area is 159 Å². The van der Waals surface area contributed by atoms with Crippen molar-refractivity contribution in [1.82, 2.24) is 9.88 Å². The third-order valence-electron chi connectivity index (χ3n) is 4.52. The van der Waals surface area contributed by atoms with Crippen LogP contribution in [0.2, 0.25) is 0 Å². The van der Waals surface area contributed by atoms with Gasteiger partial charge in [-0.25, -0.2) is 9.78 Å². The maximum absolute atomic E-state index is 13.2. The molecule has 0 N–H and O–H groups in total. The van der Waals surface area contributed by atoms with Gasteiger partial charge in [0, 0.05) is 32.4 Å². The van der Waals surface area contributed by atoms with Gasteiger partial charge in [0.1, 0.15) is 5.82 Å². The Morgan fingerprint density at radius 3 is 2.29 bits per heavy atom. The molecule has 0 radical (unpaired) electrons. The normalized spacial score (nSPS) is 14.7. The molecule has 0 atom stereocenters. The number of hydrogen-bond donors (Lipinski definition) is 0. The Morgan fingerprint density at radius 1 is 1.04 bits per heavy atom. The summed E-state index contributed by atoms with van der Waals surface area (Å²) in [6, 6.07) is 8.06. The van der Waals surface area contributed by atoms with Crippen LogP contribution in [-0.4, -0.2) is 55.0 Å². The fraction of sp³-hybridized carbons (Fsp3) is 0.316. The molecule has 1 aromatic carbocycles. The molecule has 0 saturated carbocycles. The number of methoxy groups -OCH3 is 1. The summed E-state index contributed by atoms with van der Waals surface area (Å²) >= 11 is 0. The molecule has 1 saturated heterocycles. The average Bonchev–Trinajstić information content (AvgIpc) is 2.72. The molecule has 28 heavy (non-hydrogen) atoms. The number of anilines is 1. The van der Waals surface area contributed by atoms with Crippen molar-refractivity contribution in [1.29, 1.82) is 0 Å². The number of alkyl halides is 3. The van der Waals surface area contributed by atoms with E-state index in [9.17, 15) is 22.8 Å². The Kier molecular flexibility index (Phi) is 5.53. The molecule has 1 aliphatic rings. The largest absolute Gasteiger partial charge is 0.465 e. The molecule has 0 bridgehead atoms. The zero-order chi connectivity index (χ0) is 20.3. The fourth-order valence-electron chi connectivity index (χ4n) is 3.04. The van der Waals surface area contributed by atoms with Crippen molar-refractivity contribution in [3.05, 3.63) is 59.3 Å². The monoisotopic (exact) mass is 393 g/mol. The molecule has 1 amide bonds. The van der Waals surface area contributed by atoms with E-state index in [1.807, 2.05) is 4.90 Å². The second-order valence-electron chi connectivity index (χ2n) is 6.22. The smallest absolute Gasteiger partial charge is 0.417 e. The molecule has 148 valence electrons. The predicted molar refractivity (Wildman–Crippen MR) is 95.1 cm³/mol. The van der Waals surface area contributed by atoms with Gasteiger partial charge in [-0.1, -0.05) is 12.1 Å². The molecule has 3 rings (SSSR count). The van der Waals surface area contributed by atoms with Crippen molar-refractivity contribution in [2.24, 2.45) is 0 Å². The molecule has 1 aliphatic heterocycles. The number of piperazine rings is 1. The van der Waals surface area contributed by atoms with Gasteiger partial charge >= 0.3 is 12.1 Å². The van der Waals surface area contributed by atoms with Crippen molar-refractivity contribution in [2.75, 3.05) is 38.2 Å². The van der Waals surface area contributed by atoms with Crippen LogP contribution in [0.5, 0.6) is 0 Å². The maximum atomic E-state index is 13.2. The van der Waals surface area contributed by atoms with Crippen LogP contribution < -0.4 is 4.90 Å². The van der Waals surface area contributed by atoms with Gasteiger partial charge in [-0.2, -0.15) is 13.2 Å². The van der Waals surface area contributed by atoms with Crippen LogP contribution in [0.3, 0.4) is 0 Å². The third kappa shape index (κ3) is 4.08. The highest BCUT2D eigenvalue weighted by Crippen LogP contribution is 2.32. The van der Waals surface area contributed by atoms with E-state index in [1.54, 1.807) is 12.1 Å². The van der Waals surface area contributed by atoms with Crippen LogP contribution >= 0.6 is 0 Å². The first-order valence-corrected chi connectivity index (χ1v) is 8.56. The van der Waals surface area contributed by atoms with E-state index >= 15 is 0 Å². The number of ether oxygens (including phenoxy) is 1. The molecule has 2 aromatic rings. The zero-order valence-corrected chi connectivity index (χ0v) is 15.1. The number of carbonyl (C=O) groups excluding carboxylic acids is 2. The summed E-state index contributed by atoms with van der Waals surface area (Å²) in [7, 11) is 1.28. The second kappa shape index (κ2) is 7.87. The first kappa shape index (κ1) is 19.7. The molecule has 0 aliphatic carbocycles. The van der Waals surface area contributed by atoms with Crippen LogP contribution in [-0.2, 0) is 10.9 Å². The molecule has 6 nitrogen and oxygen atoms in total. The highest BCUT2D eigenvalue weighted by molar-refractivity contribution is 5.96. The average molecular weight is 393 g/mol. The van der Waals surface area contributed by atoms with Gasteiger partial charge in [0.2, 0.25) is 0 Å². The van der Waals surface area contributed by atoms with Crippen molar-refractivity contribution < 1.29 is 27.5 Å². The maximum Gasteiger partial charge on any atom is 0.417 e. The lowest BCUT2D eigenvalue weighted by Crippen LogP contribution is -2.49.